The van der Waals surface area contributed by atoms with Gasteiger partial charge in [0.15, 0.2) is 0 Å². The van der Waals surface area contributed by atoms with E-state index in [0.29, 0.717) is 11.5 Å². The van der Waals surface area contributed by atoms with Crippen molar-refractivity contribution in [1.29, 1.82) is 0 Å². The van der Waals surface area contributed by atoms with Crippen LogP contribution in [0.15, 0.2) is 35.1 Å². The number of aromatic carboxylic acids is 1. The molecule has 5 heteroatoms. The van der Waals surface area contributed by atoms with E-state index in [1.165, 1.54) is 17.3 Å². The number of rotatable bonds is 4. The first kappa shape index (κ1) is 14.2. The second-order valence-electron chi connectivity index (χ2n) is 5.31. The molecule has 1 N–H and O–H groups in total. The number of carbonyl (C=O) groups is 1. The number of pyridine rings is 2. The molecule has 0 spiro atoms. The number of nitrogens with zero attached hydrogens (tertiary/aromatic N) is 2. The van der Waals surface area contributed by atoms with Crippen LogP contribution in [0.5, 0.6) is 0 Å². The number of carboxylic acid groups (broad SMARTS) is 1. The van der Waals surface area contributed by atoms with Crippen molar-refractivity contribution in [3.63, 3.8) is 0 Å². The van der Waals surface area contributed by atoms with Crippen molar-refractivity contribution >= 4 is 21.9 Å². The second kappa shape index (κ2) is 5.93. The molecule has 0 amide bonds. The molecule has 1 unspecified atom stereocenters. The van der Waals surface area contributed by atoms with Crippen molar-refractivity contribution in [2.24, 2.45) is 0 Å². The van der Waals surface area contributed by atoms with Gasteiger partial charge >= 0.3 is 5.97 Å². The lowest BCUT2D eigenvalue weighted by Crippen LogP contribution is -2.02. The smallest absolute Gasteiger partial charge is 0.335 e. The van der Waals surface area contributed by atoms with Gasteiger partial charge in [0.1, 0.15) is 0 Å². The number of hydrogen-bond donors (Lipinski definition) is 1. The average molecular weight is 347 g/mol. The van der Waals surface area contributed by atoms with Crippen LogP contribution in [0.3, 0.4) is 0 Å². The molecule has 1 aliphatic rings. The van der Waals surface area contributed by atoms with Crippen LogP contribution in [0.1, 0.15) is 46.1 Å². The van der Waals surface area contributed by atoms with E-state index in [1.54, 1.807) is 12.3 Å². The lowest BCUT2D eigenvalue weighted by molar-refractivity contribution is 0.0696. The summed E-state index contributed by atoms with van der Waals surface area (Å²) in [5, 5.41) is 9.00. The molecule has 0 radical (unpaired) electrons. The third kappa shape index (κ3) is 3.13. The molecule has 0 aliphatic heterocycles. The number of halogens is 1. The lowest BCUT2D eigenvalue weighted by atomic mass is 9.98. The Hall–Kier alpha value is -1.75. The maximum atomic E-state index is 11.0. The summed E-state index contributed by atoms with van der Waals surface area (Å²) in [7, 11) is 0. The third-order valence-electron chi connectivity index (χ3n) is 3.93. The standard InChI is InChI=1S/C16H15BrN2O2/c17-13-7-11-2-1-10(15(11)19-9-13)3-4-14-8-12(16(20)21)5-6-18-14/h5-10H,1-4H2,(H,20,21). The molecule has 2 aromatic rings. The maximum absolute atomic E-state index is 11.0. The molecular formula is C16H15BrN2O2. The molecule has 108 valence electrons. The summed E-state index contributed by atoms with van der Waals surface area (Å²) < 4.78 is 1.03. The predicted molar refractivity (Wildman–Crippen MR) is 82.5 cm³/mol. The van der Waals surface area contributed by atoms with Crippen LogP contribution in [0, 0.1) is 0 Å². The molecule has 0 fully saturated rings. The van der Waals surface area contributed by atoms with Crippen molar-refractivity contribution in [2.75, 3.05) is 0 Å². The van der Waals surface area contributed by atoms with Gasteiger partial charge in [-0.3, -0.25) is 9.97 Å². The van der Waals surface area contributed by atoms with Crippen LogP contribution in [-0.2, 0) is 12.8 Å². The zero-order valence-electron chi connectivity index (χ0n) is 11.4. The van der Waals surface area contributed by atoms with Crippen LogP contribution < -0.4 is 0 Å². The van der Waals surface area contributed by atoms with Gasteiger partial charge < -0.3 is 5.11 Å². The second-order valence-corrected chi connectivity index (χ2v) is 6.23. The number of hydrogen-bond acceptors (Lipinski definition) is 3. The minimum atomic E-state index is -0.906. The van der Waals surface area contributed by atoms with E-state index in [4.69, 9.17) is 5.11 Å². The van der Waals surface area contributed by atoms with Crippen LogP contribution in [0.4, 0.5) is 0 Å². The molecule has 0 bridgehead atoms. The molecule has 2 heterocycles. The first-order valence-corrected chi connectivity index (χ1v) is 7.75. The fraction of sp³-hybridized carbons (Fsp3) is 0.312. The first-order valence-electron chi connectivity index (χ1n) is 6.96. The molecule has 3 rings (SSSR count). The van der Waals surface area contributed by atoms with Gasteiger partial charge in [0.25, 0.3) is 0 Å². The summed E-state index contributed by atoms with van der Waals surface area (Å²) in [5.41, 5.74) is 3.64. The van der Waals surface area contributed by atoms with Crippen molar-refractivity contribution in [1.82, 2.24) is 9.97 Å². The van der Waals surface area contributed by atoms with E-state index in [0.717, 1.165) is 35.8 Å². The van der Waals surface area contributed by atoms with Crippen LogP contribution in [0.2, 0.25) is 0 Å². The molecule has 0 saturated heterocycles. The summed E-state index contributed by atoms with van der Waals surface area (Å²) in [6.45, 7) is 0. The fourth-order valence-corrected chi connectivity index (χ4v) is 3.26. The first-order chi connectivity index (χ1) is 10.1. The van der Waals surface area contributed by atoms with Gasteiger partial charge in [-0.25, -0.2) is 4.79 Å². The highest BCUT2D eigenvalue weighted by atomic mass is 79.9. The van der Waals surface area contributed by atoms with Crippen LogP contribution >= 0.6 is 15.9 Å². The Morgan fingerprint density at radius 1 is 1.38 bits per heavy atom. The zero-order valence-corrected chi connectivity index (χ0v) is 13.0. The number of carboxylic acids is 1. The summed E-state index contributed by atoms with van der Waals surface area (Å²) in [6, 6.07) is 5.33. The van der Waals surface area contributed by atoms with Crippen LogP contribution in [-0.4, -0.2) is 21.0 Å². The van der Waals surface area contributed by atoms with Crippen molar-refractivity contribution in [3.8, 4) is 0 Å². The molecule has 1 aliphatic carbocycles. The zero-order chi connectivity index (χ0) is 14.8. The monoisotopic (exact) mass is 346 g/mol. The minimum Gasteiger partial charge on any atom is -0.478 e. The molecular weight excluding hydrogens is 332 g/mol. The van der Waals surface area contributed by atoms with Gasteiger partial charge in [0, 0.05) is 34.2 Å². The van der Waals surface area contributed by atoms with Gasteiger partial charge in [-0.15, -0.1) is 0 Å². The highest BCUT2D eigenvalue weighted by Crippen LogP contribution is 2.35. The third-order valence-corrected chi connectivity index (χ3v) is 4.36. The Balaban J connectivity index is 1.70. The van der Waals surface area contributed by atoms with Crippen molar-refractivity contribution < 1.29 is 9.90 Å². The van der Waals surface area contributed by atoms with Gasteiger partial charge in [0.2, 0.25) is 0 Å². The van der Waals surface area contributed by atoms with Gasteiger partial charge in [-0.05, 0) is 65.4 Å². The van der Waals surface area contributed by atoms with E-state index >= 15 is 0 Å². The number of aromatic nitrogens is 2. The van der Waals surface area contributed by atoms with Crippen LogP contribution in [0.25, 0.3) is 0 Å². The van der Waals surface area contributed by atoms with E-state index in [-0.39, 0.29) is 0 Å². The molecule has 21 heavy (non-hydrogen) atoms. The lowest BCUT2D eigenvalue weighted by Gasteiger charge is -2.10. The van der Waals surface area contributed by atoms with Gasteiger partial charge in [-0.1, -0.05) is 0 Å². The predicted octanol–water partition coefficient (Wildman–Crippen LogP) is 3.60. The molecule has 1 atom stereocenters. The largest absolute Gasteiger partial charge is 0.478 e. The van der Waals surface area contributed by atoms with E-state index in [1.807, 2.05) is 6.20 Å². The average Bonchev–Trinajstić information content (AvgIpc) is 2.87. The maximum Gasteiger partial charge on any atom is 0.335 e. The summed E-state index contributed by atoms with van der Waals surface area (Å²) >= 11 is 3.45. The van der Waals surface area contributed by atoms with E-state index < -0.39 is 5.97 Å². The summed E-state index contributed by atoms with van der Waals surface area (Å²) in [5.74, 6) is -0.459. The minimum absolute atomic E-state index is 0.300. The number of aryl methyl sites for hydroxylation is 2. The molecule has 0 aromatic carbocycles. The Morgan fingerprint density at radius 2 is 2.24 bits per heavy atom. The van der Waals surface area contributed by atoms with Crippen molar-refractivity contribution in [3.05, 3.63) is 57.6 Å². The van der Waals surface area contributed by atoms with E-state index in [9.17, 15) is 4.79 Å². The molecule has 0 saturated carbocycles. The Morgan fingerprint density at radius 3 is 3.05 bits per heavy atom. The quantitative estimate of drug-likeness (QED) is 0.918. The fourth-order valence-electron chi connectivity index (χ4n) is 2.88. The van der Waals surface area contributed by atoms with E-state index in [2.05, 4.69) is 32.0 Å². The molecule has 4 nitrogen and oxygen atoms in total. The summed E-state index contributed by atoms with van der Waals surface area (Å²) in [6.07, 6.45) is 7.32. The SMILES string of the molecule is O=C(O)c1ccnc(CCC2CCc3cc(Br)cnc32)c1. The van der Waals surface area contributed by atoms with Crippen molar-refractivity contribution in [2.45, 2.75) is 31.6 Å². The topological polar surface area (TPSA) is 63.1 Å². The van der Waals surface area contributed by atoms with Gasteiger partial charge in [-0.2, -0.15) is 0 Å². The Kier molecular flexibility index (Phi) is 4.01. The highest BCUT2D eigenvalue weighted by Gasteiger charge is 2.24. The Labute approximate surface area is 131 Å². The highest BCUT2D eigenvalue weighted by molar-refractivity contribution is 9.10. The van der Waals surface area contributed by atoms with Gasteiger partial charge in [0.05, 0.1) is 5.56 Å². The summed E-state index contributed by atoms with van der Waals surface area (Å²) in [4.78, 5) is 19.8. The Bertz CT molecular complexity index is 688. The molecule has 2 aromatic heterocycles. The normalized spacial score (nSPS) is 16.7. The number of fused-ring (bicyclic) bond motifs is 1.